The lowest BCUT2D eigenvalue weighted by atomic mass is 9.94. The van der Waals surface area contributed by atoms with Crippen molar-refractivity contribution in [3.8, 4) is 0 Å². The van der Waals surface area contributed by atoms with Gasteiger partial charge in [0.1, 0.15) is 5.82 Å². The standard InChI is InChI=1S/C16H19N5O3/c1-9-10(15(23)21-16(24)18-9)8-14(22)17-7-6-13-19-11-4-2-3-5-12(11)20-13/h2-5,9-10H,6-8H2,1H3,(H,17,22)(H,19,20)(H2,18,21,23,24). The summed E-state index contributed by atoms with van der Waals surface area (Å²) in [7, 11) is 0. The number of aromatic amines is 1. The highest BCUT2D eigenvalue weighted by atomic mass is 16.2. The number of benzene rings is 1. The third-order valence-electron chi connectivity index (χ3n) is 4.06. The minimum absolute atomic E-state index is 0.0351. The summed E-state index contributed by atoms with van der Waals surface area (Å²) in [5, 5.41) is 7.56. The van der Waals surface area contributed by atoms with Gasteiger partial charge in [0.2, 0.25) is 11.8 Å². The molecule has 0 saturated carbocycles. The molecule has 2 heterocycles. The Bertz CT molecular complexity index is 752. The van der Waals surface area contributed by atoms with Crippen LogP contribution in [0.15, 0.2) is 24.3 Å². The number of hydrogen-bond acceptors (Lipinski definition) is 4. The van der Waals surface area contributed by atoms with Crippen molar-refractivity contribution in [1.29, 1.82) is 0 Å². The first-order chi connectivity index (χ1) is 11.5. The molecule has 4 N–H and O–H groups in total. The van der Waals surface area contributed by atoms with E-state index in [0.717, 1.165) is 16.9 Å². The van der Waals surface area contributed by atoms with Gasteiger partial charge in [0.15, 0.2) is 0 Å². The van der Waals surface area contributed by atoms with Gasteiger partial charge in [0.25, 0.3) is 0 Å². The molecule has 24 heavy (non-hydrogen) atoms. The quantitative estimate of drug-likeness (QED) is 0.637. The molecule has 0 aliphatic carbocycles. The lowest BCUT2D eigenvalue weighted by molar-refractivity contribution is -0.131. The zero-order valence-corrected chi connectivity index (χ0v) is 13.3. The molecule has 0 spiro atoms. The first kappa shape index (κ1) is 16.0. The number of nitrogens with one attached hydrogen (secondary N) is 4. The summed E-state index contributed by atoms with van der Waals surface area (Å²) in [6.45, 7) is 2.14. The number of aromatic nitrogens is 2. The normalized spacial score (nSPS) is 20.5. The van der Waals surface area contributed by atoms with E-state index in [9.17, 15) is 14.4 Å². The largest absolute Gasteiger partial charge is 0.356 e. The Morgan fingerprint density at radius 3 is 2.83 bits per heavy atom. The molecule has 8 heteroatoms. The van der Waals surface area contributed by atoms with Crippen LogP contribution in [0, 0.1) is 5.92 Å². The fourth-order valence-electron chi connectivity index (χ4n) is 2.76. The van der Waals surface area contributed by atoms with Crippen LogP contribution < -0.4 is 16.0 Å². The fourth-order valence-corrected chi connectivity index (χ4v) is 2.76. The molecule has 2 unspecified atom stereocenters. The van der Waals surface area contributed by atoms with Crippen LogP contribution >= 0.6 is 0 Å². The monoisotopic (exact) mass is 329 g/mol. The highest BCUT2D eigenvalue weighted by Crippen LogP contribution is 2.13. The lowest BCUT2D eigenvalue weighted by Gasteiger charge is -2.28. The molecule has 126 valence electrons. The molecule has 0 radical (unpaired) electrons. The molecule has 0 bridgehead atoms. The number of fused-ring (bicyclic) bond motifs is 1. The molecule has 1 aromatic heterocycles. The van der Waals surface area contributed by atoms with Gasteiger partial charge in [-0.05, 0) is 19.1 Å². The molecular weight excluding hydrogens is 310 g/mol. The van der Waals surface area contributed by atoms with E-state index >= 15 is 0 Å². The van der Waals surface area contributed by atoms with Crippen LogP contribution in [0.25, 0.3) is 11.0 Å². The van der Waals surface area contributed by atoms with Crippen LogP contribution in [0.1, 0.15) is 19.2 Å². The molecule has 3 rings (SSSR count). The second kappa shape index (κ2) is 6.69. The van der Waals surface area contributed by atoms with Gasteiger partial charge in [-0.1, -0.05) is 12.1 Å². The van der Waals surface area contributed by atoms with Crippen molar-refractivity contribution in [2.75, 3.05) is 6.54 Å². The van der Waals surface area contributed by atoms with E-state index in [2.05, 4.69) is 25.9 Å². The van der Waals surface area contributed by atoms with Gasteiger partial charge in [-0.3, -0.25) is 14.9 Å². The van der Waals surface area contributed by atoms with Crippen LogP contribution in [0.5, 0.6) is 0 Å². The Labute approximate surface area is 138 Å². The van der Waals surface area contributed by atoms with E-state index in [1.165, 1.54) is 0 Å². The van der Waals surface area contributed by atoms with Crippen molar-refractivity contribution >= 4 is 28.9 Å². The van der Waals surface area contributed by atoms with Crippen LogP contribution in [0.4, 0.5) is 4.79 Å². The summed E-state index contributed by atoms with van der Waals surface area (Å²) in [6.07, 6.45) is 0.608. The van der Waals surface area contributed by atoms with E-state index < -0.39 is 17.9 Å². The molecule has 1 aliphatic heterocycles. The SMILES string of the molecule is CC1NC(=O)NC(=O)C1CC(=O)NCCc1nc2ccccc2[nH]1. The topological polar surface area (TPSA) is 116 Å². The van der Waals surface area contributed by atoms with Crippen molar-refractivity contribution in [3.05, 3.63) is 30.1 Å². The van der Waals surface area contributed by atoms with E-state index in [-0.39, 0.29) is 18.4 Å². The second-order valence-corrected chi connectivity index (χ2v) is 5.86. The van der Waals surface area contributed by atoms with Gasteiger partial charge in [-0.15, -0.1) is 0 Å². The van der Waals surface area contributed by atoms with E-state index in [0.29, 0.717) is 13.0 Å². The van der Waals surface area contributed by atoms with Gasteiger partial charge < -0.3 is 15.6 Å². The summed E-state index contributed by atoms with van der Waals surface area (Å²) in [6, 6.07) is 6.83. The highest BCUT2D eigenvalue weighted by Gasteiger charge is 2.33. The Balaban J connectivity index is 1.48. The Morgan fingerprint density at radius 2 is 2.08 bits per heavy atom. The molecule has 1 saturated heterocycles. The molecular formula is C16H19N5O3. The lowest BCUT2D eigenvalue weighted by Crippen LogP contribution is -2.57. The molecule has 2 atom stereocenters. The van der Waals surface area contributed by atoms with Gasteiger partial charge in [0.05, 0.1) is 17.0 Å². The zero-order chi connectivity index (χ0) is 17.1. The summed E-state index contributed by atoms with van der Waals surface area (Å²) >= 11 is 0. The molecule has 2 aromatic rings. The van der Waals surface area contributed by atoms with Gasteiger partial charge >= 0.3 is 6.03 Å². The summed E-state index contributed by atoms with van der Waals surface area (Å²) in [4.78, 5) is 42.6. The fraction of sp³-hybridized carbons (Fsp3) is 0.375. The van der Waals surface area contributed by atoms with Crippen molar-refractivity contribution < 1.29 is 14.4 Å². The molecule has 1 aromatic carbocycles. The number of imidazole rings is 1. The minimum Gasteiger partial charge on any atom is -0.356 e. The highest BCUT2D eigenvalue weighted by molar-refractivity contribution is 6.00. The predicted octanol–water partition coefficient (Wildman–Crippen LogP) is 0.456. The van der Waals surface area contributed by atoms with Gasteiger partial charge in [-0.25, -0.2) is 9.78 Å². The maximum atomic E-state index is 12.0. The number of amides is 4. The Kier molecular flexibility index (Phi) is 4.45. The number of nitrogens with zero attached hydrogens (tertiary/aromatic N) is 1. The van der Waals surface area contributed by atoms with Crippen molar-refractivity contribution in [2.45, 2.75) is 25.8 Å². The third-order valence-corrected chi connectivity index (χ3v) is 4.06. The summed E-state index contributed by atoms with van der Waals surface area (Å²) in [5.41, 5.74) is 1.85. The van der Waals surface area contributed by atoms with Crippen molar-refractivity contribution in [3.63, 3.8) is 0 Å². The first-order valence-electron chi connectivity index (χ1n) is 7.84. The Morgan fingerprint density at radius 1 is 1.29 bits per heavy atom. The number of urea groups is 1. The molecule has 4 amide bonds. The number of hydrogen-bond donors (Lipinski definition) is 4. The number of para-hydroxylation sites is 2. The van der Waals surface area contributed by atoms with Crippen LogP contribution in [0.3, 0.4) is 0 Å². The zero-order valence-electron chi connectivity index (χ0n) is 13.3. The van der Waals surface area contributed by atoms with E-state index in [1.807, 2.05) is 24.3 Å². The number of rotatable bonds is 5. The van der Waals surface area contributed by atoms with E-state index in [1.54, 1.807) is 6.92 Å². The second-order valence-electron chi connectivity index (χ2n) is 5.86. The Hall–Kier alpha value is -2.90. The number of carbonyl (C=O) groups is 3. The maximum Gasteiger partial charge on any atom is 0.321 e. The van der Waals surface area contributed by atoms with Crippen LogP contribution in [0.2, 0.25) is 0 Å². The summed E-state index contributed by atoms with van der Waals surface area (Å²) in [5.74, 6) is -0.408. The number of imide groups is 1. The molecule has 1 aliphatic rings. The number of H-pyrrole nitrogens is 1. The average Bonchev–Trinajstić information content (AvgIpc) is 2.93. The molecule has 1 fully saturated rings. The van der Waals surface area contributed by atoms with Crippen molar-refractivity contribution in [2.24, 2.45) is 5.92 Å². The minimum atomic E-state index is -0.561. The van der Waals surface area contributed by atoms with Crippen molar-refractivity contribution in [1.82, 2.24) is 25.9 Å². The first-order valence-corrected chi connectivity index (χ1v) is 7.84. The summed E-state index contributed by atoms with van der Waals surface area (Å²) < 4.78 is 0. The molecule has 8 nitrogen and oxygen atoms in total. The van der Waals surface area contributed by atoms with Gasteiger partial charge in [-0.2, -0.15) is 0 Å². The maximum absolute atomic E-state index is 12.0. The van der Waals surface area contributed by atoms with E-state index in [4.69, 9.17) is 0 Å². The average molecular weight is 329 g/mol. The smallest absolute Gasteiger partial charge is 0.321 e. The van der Waals surface area contributed by atoms with Gasteiger partial charge in [0, 0.05) is 25.4 Å². The predicted molar refractivity (Wildman–Crippen MR) is 87.1 cm³/mol. The van der Waals surface area contributed by atoms with Crippen LogP contribution in [-0.2, 0) is 16.0 Å². The van der Waals surface area contributed by atoms with Crippen LogP contribution in [-0.4, -0.2) is 40.4 Å². The third kappa shape index (κ3) is 3.53. The number of carbonyl (C=O) groups excluding carboxylic acids is 3.